The summed E-state index contributed by atoms with van der Waals surface area (Å²) in [6, 6.07) is 1.43. The van der Waals surface area contributed by atoms with Gasteiger partial charge in [0.1, 0.15) is 5.56 Å². The molecule has 6 nitrogen and oxygen atoms in total. The molecule has 0 saturated carbocycles. The second kappa shape index (κ2) is 5.54. The van der Waals surface area contributed by atoms with Crippen LogP contribution in [-0.4, -0.2) is 47.6 Å². The average molecular weight is 265 g/mol. The first-order valence-electron chi connectivity index (χ1n) is 6.35. The molecule has 1 saturated heterocycles. The molecule has 1 fully saturated rings. The number of nitrogens with two attached hydrogens (primary N) is 1. The Kier molecular flexibility index (Phi) is 4.01. The zero-order chi connectivity index (χ0) is 14.0. The van der Waals surface area contributed by atoms with Crippen LogP contribution in [0.15, 0.2) is 17.1 Å². The number of pyridine rings is 1. The van der Waals surface area contributed by atoms with Gasteiger partial charge in [-0.05, 0) is 13.8 Å². The largest absolute Gasteiger partial charge is 0.370 e. The molecule has 2 unspecified atom stereocenters. The zero-order valence-electron chi connectivity index (χ0n) is 11.2. The number of ether oxygens (including phenoxy) is 1. The number of nitrogens with zero attached hydrogens (tertiary/aromatic N) is 1. The van der Waals surface area contributed by atoms with Crippen molar-refractivity contribution in [1.82, 2.24) is 9.88 Å². The lowest BCUT2D eigenvalue weighted by atomic mass is 10.1. The molecule has 0 aromatic carbocycles. The number of aromatic nitrogens is 1. The van der Waals surface area contributed by atoms with Crippen molar-refractivity contribution in [2.75, 3.05) is 19.6 Å². The number of aromatic amines is 1. The van der Waals surface area contributed by atoms with Gasteiger partial charge in [-0.2, -0.15) is 0 Å². The molecular formula is C13H19N3O3. The van der Waals surface area contributed by atoms with Crippen molar-refractivity contribution in [2.24, 2.45) is 5.73 Å². The zero-order valence-corrected chi connectivity index (χ0v) is 11.2. The maximum Gasteiger partial charge on any atom is 0.259 e. The number of rotatable bonds is 2. The van der Waals surface area contributed by atoms with Crippen LogP contribution in [0.25, 0.3) is 0 Å². The van der Waals surface area contributed by atoms with Gasteiger partial charge in [0.05, 0.1) is 12.2 Å². The van der Waals surface area contributed by atoms with E-state index in [4.69, 9.17) is 10.5 Å². The Morgan fingerprint density at radius 3 is 2.95 bits per heavy atom. The molecule has 1 aliphatic rings. The molecule has 2 heterocycles. The summed E-state index contributed by atoms with van der Waals surface area (Å²) in [6.07, 6.45) is 1.23. The first kappa shape index (κ1) is 13.8. The van der Waals surface area contributed by atoms with Crippen molar-refractivity contribution >= 4 is 5.91 Å². The Hall–Kier alpha value is -1.66. The topological polar surface area (TPSA) is 88.4 Å². The van der Waals surface area contributed by atoms with Crippen molar-refractivity contribution in [2.45, 2.75) is 26.1 Å². The molecule has 3 N–H and O–H groups in total. The van der Waals surface area contributed by atoms with Crippen LogP contribution < -0.4 is 11.2 Å². The molecule has 1 aliphatic heterocycles. The molecule has 0 aliphatic carbocycles. The quantitative estimate of drug-likeness (QED) is 0.779. The molecule has 1 amide bonds. The second-order valence-electron chi connectivity index (χ2n) is 4.91. The van der Waals surface area contributed by atoms with E-state index in [0.717, 1.165) is 5.69 Å². The summed E-state index contributed by atoms with van der Waals surface area (Å²) < 4.78 is 5.60. The number of carbonyl (C=O) groups is 1. The monoisotopic (exact) mass is 265 g/mol. The van der Waals surface area contributed by atoms with Crippen LogP contribution in [0.1, 0.15) is 23.0 Å². The number of nitrogens with one attached hydrogen (secondary N) is 1. The summed E-state index contributed by atoms with van der Waals surface area (Å²) in [7, 11) is 0. The molecule has 2 atom stereocenters. The van der Waals surface area contributed by atoms with E-state index >= 15 is 0 Å². The summed E-state index contributed by atoms with van der Waals surface area (Å²) in [4.78, 5) is 28.7. The highest BCUT2D eigenvalue weighted by Gasteiger charge is 2.29. The Balaban J connectivity index is 2.21. The normalized spacial score (nSPS) is 23.4. The molecule has 104 valence electrons. The highest BCUT2D eigenvalue weighted by atomic mass is 16.5. The van der Waals surface area contributed by atoms with Gasteiger partial charge in [0.25, 0.3) is 5.91 Å². The van der Waals surface area contributed by atoms with Crippen molar-refractivity contribution < 1.29 is 9.53 Å². The summed E-state index contributed by atoms with van der Waals surface area (Å²) in [5, 5.41) is 0. The number of H-pyrrole nitrogens is 1. The summed E-state index contributed by atoms with van der Waals surface area (Å²) in [5.74, 6) is -0.269. The average Bonchev–Trinajstić information content (AvgIpc) is 2.37. The van der Waals surface area contributed by atoms with E-state index in [1.165, 1.54) is 12.3 Å². The van der Waals surface area contributed by atoms with Crippen molar-refractivity contribution in [3.05, 3.63) is 33.7 Å². The lowest BCUT2D eigenvalue weighted by Gasteiger charge is -2.36. The molecule has 0 radical (unpaired) electrons. The fourth-order valence-electron chi connectivity index (χ4n) is 2.25. The third-order valence-corrected chi connectivity index (χ3v) is 3.16. The van der Waals surface area contributed by atoms with E-state index in [1.807, 2.05) is 6.92 Å². The maximum absolute atomic E-state index is 12.3. The van der Waals surface area contributed by atoms with Gasteiger partial charge in [-0.1, -0.05) is 0 Å². The molecule has 0 bridgehead atoms. The summed E-state index contributed by atoms with van der Waals surface area (Å²) in [5.41, 5.74) is 6.22. The molecule has 6 heteroatoms. The number of hydrogen-bond acceptors (Lipinski definition) is 4. The fraction of sp³-hybridized carbons (Fsp3) is 0.538. The van der Waals surface area contributed by atoms with Crippen molar-refractivity contribution in [3.8, 4) is 0 Å². The highest BCUT2D eigenvalue weighted by Crippen LogP contribution is 2.12. The minimum Gasteiger partial charge on any atom is -0.370 e. The summed E-state index contributed by atoms with van der Waals surface area (Å²) in [6.45, 7) is 4.92. The van der Waals surface area contributed by atoms with E-state index in [1.54, 1.807) is 11.8 Å². The Labute approximate surface area is 111 Å². The van der Waals surface area contributed by atoms with Crippen LogP contribution in [0, 0.1) is 6.92 Å². The smallest absolute Gasteiger partial charge is 0.259 e. The minimum atomic E-state index is -0.269. The predicted octanol–water partition coefficient (Wildman–Crippen LogP) is -0.128. The lowest BCUT2D eigenvalue weighted by molar-refractivity contribution is -0.0626. The third kappa shape index (κ3) is 3.02. The van der Waals surface area contributed by atoms with Gasteiger partial charge in [0, 0.05) is 37.6 Å². The summed E-state index contributed by atoms with van der Waals surface area (Å²) >= 11 is 0. The number of aryl methyl sites for hydroxylation is 1. The van der Waals surface area contributed by atoms with Gasteiger partial charge in [0.2, 0.25) is 0 Å². The van der Waals surface area contributed by atoms with Gasteiger partial charge < -0.3 is 20.4 Å². The van der Waals surface area contributed by atoms with Gasteiger partial charge in [0.15, 0.2) is 5.43 Å². The maximum atomic E-state index is 12.3. The standard InChI is InChI=1S/C13H19N3O3/c1-8-3-12(17)11(5-15-8)13(18)16-6-9(2)19-10(4-14)7-16/h3,5,9-10H,4,6-7,14H2,1-2H3,(H,15,17). The van der Waals surface area contributed by atoms with Crippen LogP contribution in [0.3, 0.4) is 0 Å². The Morgan fingerprint density at radius 2 is 2.32 bits per heavy atom. The fourth-order valence-corrected chi connectivity index (χ4v) is 2.25. The van der Waals surface area contributed by atoms with Gasteiger partial charge in [-0.15, -0.1) is 0 Å². The Morgan fingerprint density at radius 1 is 1.58 bits per heavy atom. The highest BCUT2D eigenvalue weighted by molar-refractivity contribution is 5.93. The van der Waals surface area contributed by atoms with Crippen LogP contribution >= 0.6 is 0 Å². The number of carbonyl (C=O) groups excluding carboxylic acids is 1. The lowest BCUT2D eigenvalue weighted by Crippen LogP contribution is -2.52. The van der Waals surface area contributed by atoms with Gasteiger partial charge in [-0.3, -0.25) is 9.59 Å². The minimum absolute atomic E-state index is 0.0734. The van der Waals surface area contributed by atoms with E-state index in [0.29, 0.717) is 19.6 Å². The molecule has 0 spiro atoms. The van der Waals surface area contributed by atoms with Crippen molar-refractivity contribution in [3.63, 3.8) is 0 Å². The van der Waals surface area contributed by atoms with Crippen LogP contribution in [0.5, 0.6) is 0 Å². The van der Waals surface area contributed by atoms with Gasteiger partial charge >= 0.3 is 0 Å². The van der Waals surface area contributed by atoms with E-state index in [-0.39, 0.29) is 29.1 Å². The van der Waals surface area contributed by atoms with Crippen LogP contribution in [0.2, 0.25) is 0 Å². The molecule has 19 heavy (non-hydrogen) atoms. The number of morpholine rings is 1. The number of hydrogen-bond donors (Lipinski definition) is 2. The second-order valence-corrected chi connectivity index (χ2v) is 4.91. The first-order valence-corrected chi connectivity index (χ1v) is 6.35. The van der Waals surface area contributed by atoms with E-state index < -0.39 is 0 Å². The molecular weight excluding hydrogens is 246 g/mol. The van der Waals surface area contributed by atoms with E-state index in [9.17, 15) is 9.59 Å². The van der Waals surface area contributed by atoms with Crippen LogP contribution in [-0.2, 0) is 4.74 Å². The Bertz CT molecular complexity index is 526. The SMILES string of the molecule is Cc1cc(=O)c(C(=O)N2CC(C)OC(CN)C2)c[nH]1. The molecule has 2 rings (SSSR count). The van der Waals surface area contributed by atoms with E-state index in [2.05, 4.69) is 4.98 Å². The first-order chi connectivity index (χ1) is 9.01. The van der Waals surface area contributed by atoms with Gasteiger partial charge in [-0.25, -0.2) is 0 Å². The third-order valence-electron chi connectivity index (χ3n) is 3.16. The molecule has 1 aromatic rings. The molecule has 1 aromatic heterocycles. The number of amides is 1. The van der Waals surface area contributed by atoms with Crippen LogP contribution in [0.4, 0.5) is 0 Å². The predicted molar refractivity (Wildman–Crippen MR) is 71.1 cm³/mol. The van der Waals surface area contributed by atoms with Crippen molar-refractivity contribution in [1.29, 1.82) is 0 Å².